The molecule has 2 aromatic rings. The average molecular weight is 422 g/mol. The fourth-order valence-electron chi connectivity index (χ4n) is 3.57. The summed E-state index contributed by atoms with van der Waals surface area (Å²) in [7, 11) is 0. The lowest BCUT2D eigenvalue weighted by Gasteiger charge is -2.35. The molecular formula is C24H27N3O2S. The van der Waals surface area contributed by atoms with Crippen molar-refractivity contribution in [1.82, 2.24) is 9.80 Å². The van der Waals surface area contributed by atoms with Crippen molar-refractivity contribution in [2.45, 2.75) is 26.5 Å². The minimum Gasteiger partial charge on any atom is -0.490 e. The topological polar surface area (TPSA) is 45.1 Å². The van der Waals surface area contributed by atoms with Crippen LogP contribution >= 0.6 is 11.8 Å². The highest BCUT2D eigenvalue weighted by molar-refractivity contribution is 8.18. The second-order valence-corrected chi connectivity index (χ2v) is 8.77. The van der Waals surface area contributed by atoms with E-state index in [1.54, 1.807) is 0 Å². The normalized spacial score (nSPS) is 18.9. The third-order valence-electron chi connectivity index (χ3n) is 5.07. The molecule has 2 heterocycles. The van der Waals surface area contributed by atoms with Crippen molar-refractivity contribution in [2.75, 3.05) is 26.2 Å². The van der Waals surface area contributed by atoms with Crippen LogP contribution in [0.25, 0.3) is 6.08 Å². The average Bonchev–Trinajstić information content (AvgIpc) is 3.11. The summed E-state index contributed by atoms with van der Waals surface area (Å²) in [5.74, 6) is 0.623. The van der Waals surface area contributed by atoms with E-state index >= 15 is 0 Å². The summed E-state index contributed by atoms with van der Waals surface area (Å²) in [5.41, 5.74) is 2.24. The molecule has 0 aliphatic carbocycles. The van der Waals surface area contributed by atoms with Crippen LogP contribution in [0.3, 0.4) is 0 Å². The van der Waals surface area contributed by atoms with Crippen LogP contribution in [0.4, 0.5) is 0 Å². The molecule has 2 aliphatic rings. The van der Waals surface area contributed by atoms with Gasteiger partial charge in [-0.3, -0.25) is 9.69 Å². The minimum atomic E-state index is -0.166. The number of piperazine rings is 1. The number of carbonyl (C=O) groups excluding carboxylic acids is 1. The molecule has 4 rings (SSSR count). The van der Waals surface area contributed by atoms with E-state index in [-0.39, 0.29) is 12.0 Å². The van der Waals surface area contributed by atoms with Gasteiger partial charge in [0.2, 0.25) is 0 Å². The molecule has 6 heteroatoms. The molecule has 0 radical (unpaired) electrons. The smallest absolute Gasteiger partial charge is 0.286 e. The van der Waals surface area contributed by atoms with E-state index in [9.17, 15) is 4.79 Å². The van der Waals surface area contributed by atoms with Gasteiger partial charge >= 0.3 is 0 Å². The van der Waals surface area contributed by atoms with Crippen molar-refractivity contribution in [3.63, 3.8) is 0 Å². The number of benzene rings is 2. The number of para-hydroxylation sites is 1. The zero-order chi connectivity index (χ0) is 20.9. The number of hydrogen-bond donors (Lipinski definition) is 0. The van der Waals surface area contributed by atoms with Crippen LogP contribution in [0.5, 0.6) is 5.75 Å². The van der Waals surface area contributed by atoms with Gasteiger partial charge in [0.05, 0.1) is 11.0 Å². The summed E-state index contributed by atoms with van der Waals surface area (Å²) in [6.07, 6.45) is 1.97. The molecule has 0 spiro atoms. The zero-order valence-corrected chi connectivity index (χ0v) is 18.3. The quantitative estimate of drug-likeness (QED) is 0.675. The molecule has 1 amide bonds. The van der Waals surface area contributed by atoms with Crippen LogP contribution in [0.1, 0.15) is 25.0 Å². The molecule has 5 nitrogen and oxygen atoms in total. The van der Waals surface area contributed by atoms with Gasteiger partial charge in [-0.15, -0.1) is 0 Å². The first-order valence-electron chi connectivity index (χ1n) is 10.4. The monoisotopic (exact) mass is 421 g/mol. The van der Waals surface area contributed by atoms with Gasteiger partial charge in [-0.25, -0.2) is 0 Å². The zero-order valence-electron chi connectivity index (χ0n) is 17.5. The van der Waals surface area contributed by atoms with Crippen LogP contribution in [-0.4, -0.2) is 53.2 Å². The van der Waals surface area contributed by atoms with E-state index in [0.29, 0.717) is 4.91 Å². The van der Waals surface area contributed by atoms with Gasteiger partial charge in [0.25, 0.3) is 5.91 Å². The SMILES string of the molecule is CC(C)Oc1ccccc1/C=C1/SC(N2CCN(Cc3ccccc3)CC2)=NC1=O. The van der Waals surface area contributed by atoms with E-state index in [1.807, 2.05) is 50.3 Å². The summed E-state index contributed by atoms with van der Waals surface area (Å²) in [6, 6.07) is 18.4. The Hall–Kier alpha value is -2.57. The number of rotatable bonds is 5. The predicted octanol–water partition coefficient (Wildman–Crippen LogP) is 4.26. The van der Waals surface area contributed by atoms with Gasteiger partial charge in [-0.2, -0.15) is 4.99 Å². The molecule has 0 saturated carbocycles. The number of thioether (sulfide) groups is 1. The van der Waals surface area contributed by atoms with Gasteiger partial charge < -0.3 is 9.64 Å². The molecule has 0 atom stereocenters. The summed E-state index contributed by atoms with van der Waals surface area (Å²) >= 11 is 1.47. The third-order valence-corrected chi connectivity index (χ3v) is 6.11. The van der Waals surface area contributed by atoms with Gasteiger partial charge in [-0.05, 0) is 43.3 Å². The number of ether oxygens (including phenoxy) is 1. The van der Waals surface area contributed by atoms with Gasteiger partial charge in [0.1, 0.15) is 5.75 Å². The molecule has 2 aliphatic heterocycles. The molecule has 1 saturated heterocycles. The highest BCUT2D eigenvalue weighted by Crippen LogP contribution is 2.33. The predicted molar refractivity (Wildman–Crippen MR) is 124 cm³/mol. The van der Waals surface area contributed by atoms with Crippen molar-refractivity contribution in [1.29, 1.82) is 0 Å². The fraction of sp³-hybridized carbons (Fsp3) is 0.333. The molecule has 0 N–H and O–H groups in total. The molecule has 1 fully saturated rings. The molecule has 0 bridgehead atoms. The third kappa shape index (κ3) is 5.12. The van der Waals surface area contributed by atoms with Crippen molar-refractivity contribution < 1.29 is 9.53 Å². The molecule has 0 aromatic heterocycles. The van der Waals surface area contributed by atoms with E-state index in [4.69, 9.17) is 4.74 Å². The Bertz CT molecular complexity index is 948. The lowest BCUT2D eigenvalue weighted by molar-refractivity contribution is -0.113. The molecule has 0 unspecified atom stereocenters. The summed E-state index contributed by atoms with van der Waals surface area (Å²) in [4.78, 5) is 22.2. The van der Waals surface area contributed by atoms with Crippen LogP contribution < -0.4 is 4.74 Å². The Kier molecular flexibility index (Phi) is 6.55. The maximum absolute atomic E-state index is 12.5. The van der Waals surface area contributed by atoms with Crippen LogP contribution in [0, 0.1) is 0 Å². The minimum absolute atomic E-state index is 0.0791. The number of carbonyl (C=O) groups is 1. The maximum atomic E-state index is 12.5. The molecule has 156 valence electrons. The van der Waals surface area contributed by atoms with Gasteiger partial charge in [0, 0.05) is 38.3 Å². The number of hydrogen-bond acceptors (Lipinski definition) is 5. The van der Waals surface area contributed by atoms with Crippen LogP contribution in [-0.2, 0) is 11.3 Å². The first-order chi connectivity index (χ1) is 14.6. The van der Waals surface area contributed by atoms with Crippen molar-refractivity contribution in [3.8, 4) is 5.75 Å². The Balaban J connectivity index is 1.37. The summed E-state index contributed by atoms with van der Waals surface area (Å²) < 4.78 is 5.88. The van der Waals surface area contributed by atoms with Crippen molar-refractivity contribution in [2.24, 2.45) is 4.99 Å². The number of nitrogens with zero attached hydrogens (tertiary/aromatic N) is 3. The highest BCUT2D eigenvalue weighted by atomic mass is 32.2. The molecule has 30 heavy (non-hydrogen) atoms. The van der Waals surface area contributed by atoms with Gasteiger partial charge in [0.15, 0.2) is 5.17 Å². The molecular weight excluding hydrogens is 394 g/mol. The van der Waals surface area contributed by atoms with Crippen molar-refractivity contribution in [3.05, 3.63) is 70.6 Å². The van der Waals surface area contributed by atoms with Crippen LogP contribution in [0.15, 0.2) is 64.5 Å². The maximum Gasteiger partial charge on any atom is 0.286 e. The second-order valence-electron chi connectivity index (χ2n) is 7.76. The summed E-state index contributed by atoms with van der Waals surface area (Å²) in [6.45, 7) is 8.65. The Morgan fingerprint density at radius 1 is 1.03 bits per heavy atom. The lowest BCUT2D eigenvalue weighted by atomic mass is 10.2. The number of amidine groups is 1. The van der Waals surface area contributed by atoms with Crippen LogP contribution in [0.2, 0.25) is 0 Å². The Morgan fingerprint density at radius 3 is 2.47 bits per heavy atom. The number of amides is 1. The van der Waals surface area contributed by atoms with E-state index in [0.717, 1.165) is 49.2 Å². The van der Waals surface area contributed by atoms with E-state index < -0.39 is 0 Å². The summed E-state index contributed by atoms with van der Waals surface area (Å²) in [5, 5.41) is 0.813. The second kappa shape index (κ2) is 9.49. The largest absolute Gasteiger partial charge is 0.490 e. The first-order valence-corrected chi connectivity index (χ1v) is 11.2. The first kappa shape index (κ1) is 20.7. The number of aliphatic imine (C=N–C) groups is 1. The van der Waals surface area contributed by atoms with E-state index in [1.165, 1.54) is 17.3 Å². The highest BCUT2D eigenvalue weighted by Gasteiger charge is 2.28. The van der Waals surface area contributed by atoms with Gasteiger partial charge in [-0.1, -0.05) is 48.5 Å². The molecule has 2 aromatic carbocycles. The lowest BCUT2D eigenvalue weighted by Crippen LogP contribution is -2.47. The Labute approximate surface area is 182 Å². The van der Waals surface area contributed by atoms with Crippen molar-refractivity contribution >= 4 is 28.9 Å². The fourth-order valence-corrected chi connectivity index (χ4v) is 4.53. The Morgan fingerprint density at radius 2 is 1.73 bits per heavy atom. The van der Waals surface area contributed by atoms with E-state index in [2.05, 4.69) is 39.1 Å². The standard InChI is InChI=1S/C24H27N3O2S/c1-18(2)29-21-11-7-6-10-20(21)16-22-23(28)25-24(30-22)27-14-12-26(13-15-27)17-19-8-4-3-5-9-19/h3-11,16,18H,12-15,17H2,1-2H3/b22-16+.